The van der Waals surface area contributed by atoms with Gasteiger partial charge in [-0.1, -0.05) is 18.2 Å². The van der Waals surface area contributed by atoms with E-state index in [9.17, 15) is 16.8 Å². The number of nitrogens with one attached hydrogen (secondary N) is 1. The summed E-state index contributed by atoms with van der Waals surface area (Å²) in [6.07, 6.45) is 10.1. The molecule has 1 N–H and O–H groups in total. The van der Waals surface area contributed by atoms with Gasteiger partial charge in [0.05, 0.1) is 21.7 Å². The molecular formula is C24H31N5O5S2. The highest BCUT2D eigenvalue weighted by molar-refractivity contribution is 7.95. The van der Waals surface area contributed by atoms with Crippen LogP contribution in [-0.4, -0.2) is 64.4 Å². The van der Waals surface area contributed by atoms with Crippen molar-refractivity contribution in [2.75, 3.05) is 36.8 Å². The molecule has 1 saturated heterocycles. The SMILES string of the molecule is C\C=C/C(=C\C=C\S(=O)(=O)Nc1ccccc1N1CCC(Oc2ncccn2)CC1)S(=O)(=O)N(C)C. The number of benzene rings is 1. The van der Waals surface area contributed by atoms with Crippen molar-refractivity contribution in [2.45, 2.75) is 25.9 Å². The summed E-state index contributed by atoms with van der Waals surface area (Å²) in [4.78, 5) is 10.3. The van der Waals surface area contributed by atoms with Crippen LogP contribution in [0.5, 0.6) is 6.01 Å². The Bertz CT molecular complexity index is 1320. The van der Waals surface area contributed by atoms with Crippen LogP contribution in [0.25, 0.3) is 0 Å². The monoisotopic (exact) mass is 533 g/mol. The van der Waals surface area contributed by atoms with Gasteiger partial charge >= 0.3 is 6.01 Å². The third-order valence-electron chi connectivity index (χ3n) is 5.38. The lowest BCUT2D eigenvalue weighted by atomic mass is 10.1. The Morgan fingerprint density at radius 3 is 2.39 bits per heavy atom. The van der Waals surface area contributed by atoms with Crippen LogP contribution in [0.1, 0.15) is 19.8 Å². The molecule has 0 aliphatic carbocycles. The molecule has 36 heavy (non-hydrogen) atoms. The normalized spacial score (nSPS) is 16.2. The Morgan fingerprint density at radius 2 is 1.75 bits per heavy atom. The number of rotatable bonds is 10. The summed E-state index contributed by atoms with van der Waals surface area (Å²) >= 11 is 0. The van der Waals surface area contributed by atoms with Crippen LogP contribution in [0.2, 0.25) is 0 Å². The summed E-state index contributed by atoms with van der Waals surface area (Å²) in [6, 6.07) is 9.23. The Balaban J connectivity index is 1.70. The molecule has 0 bridgehead atoms. The summed E-state index contributed by atoms with van der Waals surface area (Å²) in [7, 11) is -4.78. The number of ether oxygens (including phenoxy) is 1. The van der Waals surface area contributed by atoms with Crippen molar-refractivity contribution in [3.05, 3.63) is 77.3 Å². The maximum atomic E-state index is 12.8. The smallest absolute Gasteiger partial charge is 0.316 e. The van der Waals surface area contributed by atoms with Crippen molar-refractivity contribution in [3.63, 3.8) is 0 Å². The number of hydrogen-bond acceptors (Lipinski definition) is 8. The lowest BCUT2D eigenvalue weighted by molar-refractivity contribution is 0.156. The average molecular weight is 534 g/mol. The van der Waals surface area contributed by atoms with Crippen LogP contribution in [0, 0.1) is 0 Å². The molecule has 2 heterocycles. The van der Waals surface area contributed by atoms with Crippen molar-refractivity contribution < 1.29 is 21.6 Å². The van der Waals surface area contributed by atoms with Gasteiger partial charge in [-0.15, -0.1) is 0 Å². The van der Waals surface area contributed by atoms with Crippen LogP contribution in [-0.2, 0) is 20.0 Å². The first kappa shape index (κ1) is 27.4. The molecule has 0 unspecified atom stereocenters. The number of anilines is 2. The molecule has 1 fully saturated rings. The zero-order valence-corrected chi connectivity index (χ0v) is 22.1. The third kappa shape index (κ3) is 7.39. The molecule has 1 aromatic heterocycles. The van der Waals surface area contributed by atoms with Gasteiger partial charge in [0, 0.05) is 52.4 Å². The van der Waals surface area contributed by atoms with Gasteiger partial charge in [-0.3, -0.25) is 4.72 Å². The first-order valence-electron chi connectivity index (χ1n) is 11.4. The van der Waals surface area contributed by atoms with E-state index in [1.54, 1.807) is 43.6 Å². The Labute approximate surface area is 213 Å². The van der Waals surface area contributed by atoms with E-state index in [1.165, 1.54) is 32.3 Å². The van der Waals surface area contributed by atoms with Gasteiger partial charge in [0.15, 0.2) is 0 Å². The molecule has 0 radical (unpaired) electrons. The summed E-state index contributed by atoms with van der Waals surface area (Å²) in [6.45, 7) is 3.02. The lowest BCUT2D eigenvalue weighted by Crippen LogP contribution is -2.38. The van der Waals surface area contributed by atoms with E-state index in [4.69, 9.17) is 4.74 Å². The second-order valence-electron chi connectivity index (χ2n) is 8.18. The predicted octanol–water partition coefficient (Wildman–Crippen LogP) is 3.13. The minimum atomic E-state index is -3.90. The number of sulfonamides is 2. The van der Waals surface area contributed by atoms with Crippen molar-refractivity contribution >= 4 is 31.4 Å². The maximum Gasteiger partial charge on any atom is 0.316 e. The molecule has 1 aliphatic heterocycles. The quantitative estimate of drug-likeness (QED) is 0.462. The highest BCUT2D eigenvalue weighted by atomic mass is 32.2. The Kier molecular flexibility index (Phi) is 9.24. The lowest BCUT2D eigenvalue weighted by Gasteiger charge is -2.34. The van der Waals surface area contributed by atoms with Crippen LogP contribution in [0.3, 0.4) is 0 Å². The number of nitrogens with zero attached hydrogens (tertiary/aromatic N) is 4. The van der Waals surface area contributed by atoms with Gasteiger partial charge in [0.25, 0.3) is 10.0 Å². The van der Waals surface area contributed by atoms with Crippen LogP contribution in [0.15, 0.2) is 77.3 Å². The number of allylic oxidation sites excluding steroid dienone is 4. The van der Waals surface area contributed by atoms with E-state index in [2.05, 4.69) is 19.6 Å². The highest BCUT2D eigenvalue weighted by Crippen LogP contribution is 2.30. The zero-order chi connectivity index (χ0) is 26.2. The first-order valence-corrected chi connectivity index (χ1v) is 14.3. The summed E-state index contributed by atoms with van der Waals surface area (Å²) in [5.74, 6) is 0. The Morgan fingerprint density at radius 1 is 1.08 bits per heavy atom. The first-order chi connectivity index (χ1) is 17.1. The fourth-order valence-corrected chi connectivity index (χ4v) is 5.39. The molecule has 10 nitrogen and oxygen atoms in total. The third-order valence-corrected chi connectivity index (χ3v) is 8.23. The van der Waals surface area contributed by atoms with E-state index < -0.39 is 20.0 Å². The zero-order valence-electron chi connectivity index (χ0n) is 20.5. The molecule has 0 saturated carbocycles. The van der Waals surface area contributed by atoms with Crippen molar-refractivity contribution in [1.29, 1.82) is 0 Å². The molecule has 0 amide bonds. The van der Waals surface area contributed by atoms with Gasteiger partial charge in [-0.2, -0.15) is 0 Å². The standard InChI is InChI=1S/C24H31N5O5S2/c1-4-9-21(36(32,33)28(2)3)10-7-19-35(30,31)27-22-11-5-6-12-23(22)29-17-13-20(14-18-29)34-24-25-15-8-16-26-24/h4-12,15-16,19-20,27H,13-14,17-18H2,1-3H3/b9-4-,19-7+,21-10+. The van der Waals surface area contributed by atoms with Gasteiger partial charge in [-0.05, 0) is 43.4 Å². The van der Waals surface area contributed by atoms with Crippen LogP contribution >= 0.6 is 0 Å². The fraction of sp³-hybridized carbons (Fsp3) is 0.333. The van der Waals surface area contributed by atoms with Gasteiger partial charge < -0.3 is 9.64 Å². The minimum absolute atomic E-state index is 0.0205. The van der Waals surface area contributed by atoms with Crippen LogP contribution in [0.4, 0.5) is 11.4 Å². The predicted molar refractivity (Wildman–Crippen MR) is 142 cm³/mol. The largest absolute Gasteiger partial charge is 0.460 e. The molecule has 12 heteroatoms. The van der Waals surface area contributed by atoms with Gasteiger partial charge in [-0.25, -0.2) is 31.1 Å². The average Bonchev–Trinajstić information content (AvgIpc) is 2.84. The highest BCUT2D eigenvalue weighted by Gasteiger charge is 2.24. The summed E-state index contributed by atoms with van der Waals surface area (Å²) < 4.78 is 59.8. The van der Waals surface area contributed by atoms with Crippen molar-refractivity contribution in [2.24, 2.45) is 0 Å². The molecule has 1 aliphatic rings. The number of para-hydroxylation sites is 2. The molecule has 2 aromatic rings. The van der Waals surface area contributed by atoms with Gasteiger partial charge in [0.1, 0.15) is 6.10 Å². The maximum absolute atomic E-state index is 12.8. The van der Waals surface area contributed by atoms with Crippen molar-refractivity contribution in [1.82, 2.24) is 14.3 Å². The van der Waals surface area contributed by atoms with E-state index in [0.29, 0.717) is 24.8 Å². The van der Waals surface area contributed by atoms with Crippen molar-refractivity contribution in [3.8, 4) is 6.01 Å². The molecular weight excluding hydrogens is 502 g/mol. The number of piperidine rings is 1. The summed E-state index contributed by atoms with van der Waals surface area (Å²) in [5, 5.41) is 0.943. The molecule has 0 atom stereocenters. The summed E-state index contributed by atoms with van der Waals surface area (Å²) in [5.41, 5.74) is 1.19. The minimum Gasteiger partial charge on any atom is -0.460 e. The Hall–Kier alpha value is -3.22. The molecule has 0 spiro atoms. The van der Waals surface area contributed by atoms with E-state index in [-0.39, 0.29) is 11.0 Å². The molecule has 194 valence electrons. The second-order valence-corrected chi connectivity index (χ2v) is 11.9. The number of aromatic nitrogens is 2. The van der Waals surface area contributed by atoms with E-state index in [1.807, 2.05) is 12.1 Å². The van der Waals surface area contributed by atoms with Crippen LogP contribution < -0.4 is 14.4 Å². The number of hydrogen-bond donors (Lipinski definition) is 1. The second kappa shape index (κ2) is 12.2. The van der Waals surface area contributed by atoms with E-state index >= 15 is 0 Å². The van der Waals surface area contributed by atoms with E-state index in [0.717, 1.165) is 28.2 Å². The fourth-order valence-electron chi connectivity index (χ4n) is 3.57. The van der Waals surface area contributed by atoms with Gasteiger partial charge in [0.2, 0.25) is 10.0 Å². The molecule has 3 rings (SSSR count). The molecule has 1 aromatic carbocycles. The topological polar surface area (TPSA) is 122 Å².